The molecule has 0 aliphatic carbocycles. The molecule has 0 saturated heterocycles. The van der Waals surface area contributed by atoms with Crippen molar-refractivity contribution < 1.29 is 9.53 Å². The normalized spacial score (nSPS) is 11.4. The Morgan fingerprint density at radius 2 is 2.00 bits per heavy atom. The Balaban J connectivity index is 1.88. The van der Waals surface area contributed by atoms with Crippen molar-refractivity contribution in [3.05, 3.63) is 45.4 Å². The lowest BCUT2D eigenvalue weighted by Crippen LogP contribution is -2.53. The van der Waals surface area contributed by atoms with Gasteiger partial charge in [0.2, 0.25) is 5.91 Å². The number of ether oxygens (including phenoxy) is 1. The average Bonchev–Trinajstić information content (AvgIpc) is 3.06. The van der Waals surface area contributed by atoms with Crippen LogP contribution in [0.2, 0.25) is 5.02 Å². The maximum absolute atomic E-state index is 12.3. The molecule has 0 aliphatic rings. The number of nitrogens with two attached hydrogens (primary N) is 1. The minimum atomic E-state index is -0.326. The molecule has 0 saturated carbocycles. The van der Waals surface area contributed by atoms with E-state index in [1.807, 2.05) is 31.4 Å². The quantitative estimate of drug-likeness (QED) is 0.696. The molecule has 0 atom stereocenters. The van der Waals surface area contributed by atoms with E-state index >= 15 is 0 Å². The number of rotatable bonds is 9. The largest absolute Gasteiger partial charge is 0.486 e. The summed E-state index contributed by atoms with van der Waals surface area (Å²) in [5.41, 5.74) is 6.25. The van der Waals surface area contributed by atoms with Gasteiger partial charge in [-0.3, -0.25) is 4.79 Å². The summed E-state index contributed by atoms with van der Waals surface area (Å²) < 4.78 is 5.67. The van der Waals surface area contributed by atoms with Crippen LogP contribution in [0.5, 0.6) is 5.75 Å². The van der Waals surface area contributed by atoms with Gasteiger partial charge in [-0.2, -0.15) is 0 Å². The van der Waals surface area contributed by atoms with Crippen molar-refractivity contribution in [3.63, 3.8) is 0 Å². The van der Waals surface area contributed by atoms with Crippen molar-refractivity contribution in [3.8, 4) is 5.75 Å². The standard InChI is InChI=1S/C18H24ClN3O2S/c1-3-18(4-2,12-20)22-16(23)9-14-11-25-17(21-14)10-24-15-7-5-13(19)6-8-15/h5-8,11H,3-4,9-10,12,20H2,1-2H3,(H,22,23). The van der Waals surface area contributed by atoms with Gasteiger partial charge in [0, 0.05) is 16.9 Å². The lowest BCUT2D eigenvalue weighted by atomic mass is 9.92. The van der Waals surface area contributed by atoms with Crippen LogP contribution in [0.15, 0.2) is 29.6 Å². The van der Waals surface area contributed by atoms with E-state index in [0.717, 1.165) is 29.3 Å². The fourth-order valence-corrected chi connectivity index (χ4v) is 3.27. The topological polar surface area (TPSA) is 77.2 Å². The summed E-state index contributed by atoms with van der Waals surface area (Å²) in [7, 11) is 0. The number of benzene rings is 1. The molecule has 0 bridgehead atoms. The fraction of sp³-hybridized carbons (Fsp3) is 0.444. The molecule has 1 aromatic heterocycles. The van der Waals surface area contributed by atoms with Gasteiger partial charge in [0.05, 0.1) is 17.7 Å². The molecule has 0 fully saturated rings. The summed E-state index contributed by atoms with van der Waals surface area (Å²) in [6, 6.07) is 7.18. The van der Waals surface area contributed by atoms with E-state index in [-0.39, 0.29) is 17.9 Å². The highest BCUT2D eigenvalue weighted by molar-refractivity contribution is 7.09. The van der Waals surface area contributed by atoms with Gasteiger partial charge in [0.15, 0.2) is 0 Å². The van der Waals surface area contributed by atoms with E-state index in [1.54, 1.807) is 12.1 Å². The number of amides is 1. The highest BCUT2D eigenvalue weighted by Crippen LogP contribution is 2.19. The molecule has 25 heavy (non-hydrogen) atoms. The van der Waals surface area contributed by atoms with Gasteiger partial charge >= 0.3 is 0 Å². The number of carbonyl (C=O) groups is 1. The predicted octanol–water partition coefficient (Wildman–Crippen LogP) is 3.55. The molecule has 0 spiro atoms. The highest BCUT2D eigenvalue weighted by Gasteiger charge is 2.26. The minimum absolute atomic E-state index is 0.0513. The summed E-state index contributed by atoms with van der Waals surface area (Å²) in [6.45, 7) is 4.87. The summed E-state index contributed by atoms with van der Waals surface area (Å²) in [5.74, 6) is 0.683. The van der Waals surface area contributed by atoms with Crippen LogP contribution in [0.25, 0.3) is 0 Å². The summed E-state index contributed by atoms with van der Waals surface area (Å²) in [4.78, 5) is 16.7. The first-order valence-corrected chi connectivity index (χ1v) is 9.58. The number of hydrogen-bond acceptors (Lipinski definition) is 5. The van der Waals surface area contributed by atoms with Gasteiger partial charge in [-0.15, -0.1) is 11.3 Å². The molecule has 136 valence electrons. The van der Waals surface area contributed by atoms with Crippen molar-refractivity contribution in [2.24, 2.45) is 5.73 Å². The molecular weight excluding hydrogens is 358 g/mol. The third kappa shape index (κ3) is 5.70. The Hall–Kier alpha value is -1.63. The summed E-state index contributed by atoms with van der Waals surface area (Å²) in [6.07, 6.45) is 1.87. The summed E-state index contributed by atoms with van der Waals surface area (Å²) in [5, 5.41) is 6.45. The third-order valence-electron chi connectivity index (χ3n) is 4.27. The van der Waals surface area contributed by atoms with Crippen LogP contribution in [-0.2, 0) is 17.8 Å². The van der Waals surface area contributed by atoms with Crippen LogP contribution in [-0.4, -0.2) is 23.0 Å². The number of thiazole rings is 1. The van der Waals surface area contributed by atoms with Crippen molar-refractivity contribution in [1.29, 1.82) is 0 Å². The average molecular weight is 382 g/mol. The van der Waals surface area contributed by atoms with Gasteiger partial charge in [0.25, 0.3) is 0 Å². The second kappa shape index (κ2) is 9.17. The fourth-order valence-electron chi connectivity index (χ4n) is 2.44. The number of nitrogens with zero attached hydrogens (tertiary/aromatic N) is 1. The smallest absolute Gasteiger partial charge is 0.226 e. The van der Waals surface area contributed by atoms with E-state index in [1.165, 1.54) is 11.3 Å². The molecule has 0 aliphatic heterocycles. The van der Waals surface area contributed by atoms with Crippen LogP contribution < -0.4 is 15.8 Å². The van der Waals surface area contributed by atoms with Gasteiger partial charge in [-0.1, -0.05) is 25.4 Å². The lowest BCUT2D eigenvalue weighted by molar-refractivity contribution is -0.122. The zero-order valence-electron chi connectivity index (χ0n) is 14.5. The van der Waals surface area contributed by atoms with E-state index in [4.69, 9.17) is 22.1 Å². The molecule has 1 heterocycles. The first kappa shape index (κ1) is 19.7. The lowest BCUT2D eigenvalue weighted by Gasteiger charge is -2.31. The van der Waals surface area contributed by atoms with Crippen LogP contribution >= 0.6 is 22.9 Å². The summed E-state index contributed by atoms with van der Waals surface area (Å²) >= 11 is 7.33. The van der Waals surface area contributed by atoms with Crippen LogP contribution in [0.3, 0.4) is 0 Å². The zero-order chi connectivity index (χ0) is 18.3. The van der Waals surface area contributed by atoms with E-state index < -0.39 is 0 Å². The molecule has 5 nitrogen and oxygen atoms in total. The number of carbonyl (C=O) groups excluding carboxylic acids is 1. The van der Waals surface area contributed by atoms with Gasteiger partial charge < -0.3 is 15.8 Å². The maximum atomic E-state index is 12.3. The second-order valence-corrected chi connectivity index (χ2v) is 7.27. The zero-order valence-corrected chi connectivity index (χ0v) is 16.1. The Morgan fingerprint density at radius 3 is 2.60 bits per heavy atom. The SMILES string of the molecule is CCC(CC)(CN)NC(=O)Cc1csc(COc2ccc(Cl)cc2)n1. The maximum Gasteiger partial charge on any atom is 0.226 e. The van der Waals surface area contributed by atoms with Crippen molar-refractivity contribution in [2.45, 2.75) is 45.3 Å². The van der Waals surface area contributed by atoms with Gasteiger partial charge in [-0.05, 0) is 37.1 Å². The van der Waals surface area contributed by atoms with Crippen molar-refractivity contribution >= 4 is 28.8 Å². The molecule has 1 amide bonds. The molecular formula is C18H24ClN3O2S. The Kier molecular flexibility index (Phi) is 7.23. The Labute approximate surface area is 157 Å². The first-order chi connectivity index (χ1) is 12.0. The van der Waals surface area contributed by atoms with E-state index in [9.17, 15) is 4.79 Å². The minimum Gasteiger partial charge on any atom is -0.486 e. The van der Waals surface area contributed by atoms with Crippen LogP contribution in [0.1, 0.15) is 37.4 Å². The number of hydrogen-bond donors (Lipinski definition) is 2. The first-order valence-electron chi connectivity index (χ1n) is 8.33. The predicted molar refractivity (Wildman–Crippen MR) is 102 cm³/mol. The molecule has 0 radical (unpaired) electrons. The monoisotopic (exact) mass is 381 g/mol. The Bertz CT molecular complexity index is 676. The number of aromatic nitrogens is 1. The van der Waals surface area contributed by atoms with Gasteiger partial charge in [0.1, 0.15) is 17.4 Å². The molecule has 3 N–H and O–H groups in total. The van der Waals surface area contributed by atoms with Crippen molar-refractivity contribution in [2.75, 3.05) is 6.54 Å². The highest BCUT2D eigenvalue weighted by atomic mass is 35.5. The molecule has 1 aromatic carbocycles. The second-order valence-electron chi connectivity index (χ2n) is 5.89. The van der Waals surface area contributed by atoms with E-state index in [2.05, 4.69) is 10.3 Å². The van der Waals surface area contributed by atoms with Crippen molar-refractivity contribution in [1.82, 2.24) is 10.3 Å². The molecule has 7 heteroatoms. The van der Waals surface area contributed by atoms with Crippen LogP contribution in [0.4, 0.5) is 0 Å². The number of halogens is 1. The van der Waals surface area contributed by atoms with Gasteiger partial charge in [-0.25, -0.2) is 4.98 Å². The number of nitrogens with one attached hydrogen (secondary N) is 1. The third-order valence-corrected chi connectivity index (χ3v) is 5.39. The van der Waals surface area contributed by atoms with Crippen LogP contribution in [0, 0.1) is 0 Å². The molecule has 0 unspecified atom stereocenters. The Morgan fingerprint density at radius 1 is 1.32 bits per heavy atom. The van der Waals surface area contributed by atoms with E-state index in [0.29, 0.717) is 18.2 Å². The molecule has 2 aromatic rings. The molecule has 2 rings (SSSR count).